The molecule has 0 aliphatic carbocycles. The fourth-order valence-electron chi connectivity index (χ4n) is 2.83. The molecule has 1 aromatic carbocycles. The van der Waals surface area contributed by atoms with E-state index in [0.717, 1.165) is 37.7 Å². The third-order valence-electron chi connectivity index (χ3n) is 4.12. The summed E-state index contributed by atoms with van der Waals surface area (Å²) in [5.41, 5.74) is 1.56. The van der Waals surface area contributed by atoms with Crippen molar-refractivity contribution in [3.8, 4) is 0 Å². The van der Waals surface area contributed by atoms with Gasteiger partial charge in [-0.15, -0.1) is 0 Å². The van der Waals surface area contributed by atoms with E-state index in [1.165, 1.54) is 12.1 Å². The number of nitrogens with one attached hydrogen (secondary N) is 1. The number of rotatable bonds is 5. The lowest BCUT2D eigenvalue weighted by Gasteiger charge is -2.16. The first-order valence-corrected chi connectivity index (χ1v) is 8.63. The van der Waals surface area contributed by atoms with Crippen LogP contribution in [0.3, 0.4) is 0 Å². The lowest BCUT2D eigenvalue weighted by molar-refractivity contribution is -0.384. The number of hydrogen-bond acceptors (Lipinski definition) is 6. The Labute approximate surface area is 155 Å². The molecule has 2 heterocycles. The van der Waals surface area contributed by atoms with E-state index in [2.05, 4.69) is 20.2 Å². The van der Waals surface area contributed by atoms with Gasteiger partial charge in [0.15, 0.2) is 0 Å². The van der Waals surface area contributed by atoms with Crippen LogP contribution in [0, 0.1) is 17.0 Å². The Morgan fingerprint density at radius 1 is 1.31 bits per heavy atom. The number of benzene rings is 1. The highest BCUT2D eigenvalue weighted by Crippen LogP contribution is 2.22. The van der Waals surface area contributed by atoms with Crippen molar-refractivity contribution < 1.29 is 9.72 Å². The minimum Gasteiger partial charge on any atom is -0.346 e. The first-order valence-electron chi connectivity index (χ1n) is 8.25. The maximum Gasteiger partial charge on any atom is 0.270 e. The number of hydrogen-bond donors (Lipinski definition) is 1. The smallest absolute Gasteiger partial charge is 0.270 e. The summed E-state index contributed by atoms with van der Waals surface area (Å²) in [6.45, 7) is 3.98. The molecule has 8 nitrogen and oxygen atoms in total. The van der Waals surface area contributed by atoms with Crippen molar-refractivity contribution in [3.63, 3.8) is 0 Å². The average molecular weight is 376 g/mol. The van der Waals surface area contributed by atoms with Crippen LogP contribution >= 0.6 is 11.6 Å². The highest BCUT2D eigenvalue weighted by atomic mass is 35.5. The molecule has 3 rings (SSSR count). The molecular weight excluding hydrogens is 358 g/mol. The molecule has 1 N–H and O–H groups in total. The molecule has 1 amide bonds. The van der Waals surface area contributed by atoms with Gasteiger partial charge in [0.2, 0.25) is 5.95 Å². The maximum atomic E-state index is 12.3. The van der Waals surface area contributed by atoms with Gasteiger partial charge in [0.1, 0.15) is 0 Å². The molecule has 1 aromatic heterocycles. The third-order valence-corrected chi connectivity index (χ3v) is 4.44. The summed E-state index contributed by atoms with van der Waals surface area (Å²) in [5.74, 6) is 0.268. The Kier molecular flexibility index (Phi) is 5.32. The zero-order valence-corrected chi connectivity index (χ0v) is 15.0. The molecule has 1 fully saturated rings. The summed E-state index contributed by atoms with van der Waals surface area (Å²) < 4.78 is 0. The maximum absolute atomic E-state index is 12.3. The second kappa shape index (κ2) is 7.65. The van der Waals surface area contributed by atoms with Crippen molar-refractivity contribution in [1.29, 1.82) is 0 Å². The van der Waals surface area contributed by atoms with Crippen molar-refractivity contribution in [3.05, 3.63) is 56.4 Å². The molecule has 1 aliphatic heterocycles. The lowest BCUT2D eigenvalue weighted by atomic mass is 10.2. The summed E-state index contributed by atoms with van der Waals surface area (Å²) in [4.78, 5) is 33.6. The summed E-state index contributed by atoms with van der Waals surface area (Å²) in [6, 6.07) is 5.58. The van der Waals surface area contributed by atoms with Gasteiger partial charge in [0, 0.05) is 30.9 Å². The number of nitrogens with zero attached hydrogens (tertiary/aromatic N) is 4. The van der Waals surface area contributed by atoms with E-state index >= 15 is 0 Å². The van der Waals surface area contributed by atoms with Gasteiger partial charge in [0.05, 0.1) is 27.7 Å². The first-order chi connectivity index (χ1) is 12.4. The van der Waals surface area contributed by atoms with Gasteiger partial charge in [-0.05, 0) is 31.9 Å². The van der Waals surface area contributed by atoms with Crippen molar-refractivity contribution in [2.45, 2.75) is 26.3 Å². The van der Waals surface area contributed by atoms with Gasteiger partial charge in [-0.1, -0.05) is 11.6 Å². The summed E-state index contributed by atoms with van der Waals surface area (Å²) in [5, 5.41) is 13.5. The van der Waals surface area contributed by atoms with Crippen LogP contribution in [0.1, 0.15) is 34.6 Å². The quantitative estimate of drug-likeness (QED) is 0.637. The molecule has 1 saturated heterocycles. The summed E-state index contributed by atoms with van der Waals surface area (Å²) in [7, 11) is 0. The predicted octanol–water partition coefficient (Wildman–Crippen LogP) is 2.88. The number of non-ortho nitro benzene ring substituents is 1. The Balaban J connectivity index is 1.70. The second-order valence-corrected chi connectivity index (χ2v) is 6.51. The highest BCUT2D eigenvalue weighted by Gasteiger charge is 2.17. The van der Waals surface area contributed by atoms with Crippen LogP contribution < -0.4 is 10.2 Å². The van der Waals surface area contributed by atoms with Gasteiger partial charge in [-0.3, -0.25) is 14.9 Å². The Morgan fingerprint density at radius 2 is 2.04 bits per heavy atom. The van der Waals surface area contributed by atoms with Gasteiger partial charge in [0.25, 0.3) is 11.6 Å². The van der Waals surface area contributed by atoms with Crippen molar-refractivity contribution in [2.75, 3.05) is 18.0 Å². The molecule has 0 bridgehead atoms. The number of nitro benzene ring substituents is 1. The van der Waals surface area contributed by atoms with Crippen LogP contribution in [-0.4, -0.2) is 33.9 Å². The summed E-state index contributed by atoms with van der Waals surface area (Å²) >= 11 is 5.99. The Hall–Kier alpha value is -2.74. The topological polar surface area (TPSA) is 101 Å². The number of aromatic nitrogens is 2. The average Bonchev–Trinajstić information content (AvgIpc) is 3.13. The molecule has 26 heavy (non-hydrogen) atoms. The molecule has 0 radical (unpaired) electrons. The molecule has 2 aromatic rings. The van der Waals surface area contributed by atoms with E-state index in [4.69, 9.17) is 11.6 Å². The van der Waals surface area contributed by atoms with Crippen LogP contribution in [0.5, 0.6) is 0 Å². The number of nitro groups is 1. The van der Waals surface area contributed by atoms with Crippen molar-refractivity contribution in [2.24, 2.45) is 0 Å². The van der Waals surface area contributed by atoms with Gasteiger partial charge >= 0.3 is 0 Å². The van der Waals surface area contributed by atoms with Gasteiger partial charge < -0.3 is 10.2 Å². The molecule has 9 heteroatoms. The number of anilines is 1. The fourth-order valence-corrected chi connectivity index (χ4v) is 3.09. The van der Waals surface area contributed by atoms with E-state index in [-0.39, 0.29) is 22.8 Å². The van der Waals surface area contributed by atoms with E-state index in [9.17, 15) is 14.9 Å². The van der Waals surface area contributed by atoms with Crippen LogP contribution in [0.15, 0.2) is 24.3 Å². The van der Waals surface area contributed by atoms with Gasteiger partial charge in [-0.2, -0.15) is 0 Å². The van der Waals surface area contributed by atoms with Crippen molar-refractivity contribution >= 4 is 29.1 Å². The van der Waals surface area contributed by atoms with Crippen molar-refractivity contribution in [1.82, 2.24) is 15.3 Å². The molecule has 0 spiro atoms. The lowest BCUT2D eigenvalue weighted by Crippen LogP contribution is -2.25. The van der Waals surface area contributed by atoms with E-state index in [0.29, 0.717) is 11.6 Å². The molecule has 0 atom stereocenters. The molecule has 136 valence electrons. The SMILES string of the molecule is Cc1cc(CNC(=O)c2ccc([N+](=O)[O-])cc2Cl)nc(N2CCCC2)n1. The van der Waals surface area contributed by atoms with Crippen LogP contribution in [0.25, 0.3) is 0 Å². The largest absolute Gasteiger partial charge is 0.346 e. The van der Waals surface area contributed by atoms with Crippen LogP contribution in [-0.2, 0) is 6.54 Å². The number of halogens is 1. The summed E-state index contributed by atoms with van der Waals surface area (Å²) in [6.07, 6.45) is 2.25. The standard InChI is InChI=1S/C17H18ClN5O3/c1-11-8-12(21-17(20-11)22-6-2-3-7-22)10-19-16(24)14-5-4-13(23(25)26)9-15(14)18/h4-5,8-9H,2-3,6-7,10H2,1H3,(H,19,24). The number of carbonyl (C=O) groups is 1. The second-order valence-electron chi connectivity index (χ2n) is 6.10. The fraction of sp³-hybridized carbons (Fsp3) is 0.353. The number of amides is 1. The number of aryl methyl sites for hydroxylation is 1. The van der Waals surface area contributed by atoms with E-state index in [1.54, 1.807) is 0 Å². The predicted molar refractivity (Wildman–Crippen MR) is 97.5 cm³/mol. The molecule has 0 saturated carbocycles. The highest BCUT2D eigenvalue weighted by molar-refractivity contribution is 6.34. The Bertz CT molecular complexity index is 852. The first kappa shape index (κ1) is 18.1. The normalized spacial score (nSPS) is 13.7. The molecular formula is C17H18ClN5O3. The third kappa shape index (κ3) is 4.08. The van der Waals surface area contributed by atoms with Gasteiger partial charge in [-0.25, -0.2) is 9.97 Å². The minimum absolute atomic E-state index is 0.0355. The van der Waals surface area contributed by atoms with E-state index < -0.39 is 10.8 Å². The molecule has 1 aliphatic rings. The Morgan fingerprint density at radius 3 is 2.69 bits per heavy atom. The molecule has 0 unspecified atom stereocenters. The zero-order chi connectivity index (χ0) is 18.7. The zero-order valence-electron chi connectivity index (χ0n) is 14.2. The minimum atomic E-state index is -0.558. The monoisotopic (exact) mass is 375 g/mol. The van der Waals surface area contributed by atoms with Crippen LogP contribution in [0.2, 0.25) is 5.02 Å². The van der Waals surface area contributed by atoms with Crippen LogP contribution in [0.4, 0.5) is 11.6 Å². The number of carbonyl (C=O) groups excluding carboxylic acids is 1. The van der Waals surface area contributed by atoms with E-state index in [1.807, 2.05) is 13.0 Å².